The summed E-state index contributed by atoms with van der Waals surface area (Å²) in [5.41, 5.74) is 0. The molecule has 0 saturated carbocycles. The molecule has 0 spiro atoms. The highest BCUT2D eigenvalue weighted by atomic mass is 31.2. The molecule has 408 valence electrons. The van der Waals surface area contributed by atoms with Crippen LogP contribution in [0.15, 0.2) is 48.6 Å². The molecule has 0 aromatic heterocycles. The van der Waals surface area contributed by atoms with Gasteiger partial charge in [0, 0.05) is 19.3 Å². The lowest BCUT2D eigenvalue weighted by Gasteiger charge is -2.21. The zero-order valence-electron chi connectivity index (χ0n) is 45.0. The summed E-state index contributed by atoms with van der Waals surface area (Å²) in [5, 5.41) is 9.80. The lowest BCUT2D eigenvalue weighted by atomic mass is 10.1. The normalized spacial score (nSPS) is 13.7. The van der Waals surface area contributed by atoms with Gasteiger partial charge in [-0.3, -0.25) is 23.4 Å². The maximum atomic E-state index is 12.9. The highest BCUT2D eigenvalue weighted by Crippen LogP contribution is 2.43. The van der Waals surface area contributed by atoms with Gasteiger partial charge in [0.25, 0.3) is 0 Å². The fourth-order valence-electron chi connectivity index (χ4n) is 7.83. The second-order valence-electron chi connectivity index (χ2n) is 19.1. The number of ether oxygens (including phenoxy) is 3. The number of carbonyl (C=O) groups is 3. The Balaban J connectivity index is 4.64. The summed E-state index contributed by atoms with van der Waals surface area (Å²) in [4.78, 5) is 48.4. The average Bonchev–Trinajstić information content (AvgIpc) is 3.35. The van der Waals surface area contributed by atoms with Crippen LogP contribution in [0.1, 0.15) is 265 Å². The second kappa shape index (κ2) is 52.8. The summed E-state index contributed by atoms with van der Waals surface area (Å²) < 4.78 is 39.4. The largest absolute Gasteiger partial charge is 0.472 e. The van der Waals surface area contributed by atoms with Crippen LogP contribution in [0.2, 0.25) is 0 Å². The molecule has 11 nitrogen and oxygen atoms in total. The Labute approximate surface area is 428 Å². The van der Waals surface area contributed by atoms with Crippen molar-refractivity contribution in [2.75, 3.05) is 26.4 Å². The summed E-state index contributed by atoms with van der Waals surface area (Å²) in [5.74, 6) is -1.47. The predicted molar refractivity (Wildman–Crippen MR) is 289 cm³/mol. The fraction of sp³-hybridized carbons (Fsp3) is 0.810. The van der Waals surface area contributed by atoms with Crippen LogP contribution < -0.4 is 0 Å². The molecule has 70 heavy (non-hydrogen) atoms. The molecule has 0 aromatic rings. The molecule has 0 aliphatic carbocycles. The minimum atomic E-state index is -4.74. The molecule has 0 aromatic carbocycles. The number of hydrogen-bond acceptors (Lipinski definition) is 10. The van der Waals surface area contributed by atoms with Gasteiger partial charge in [-0.1, -0.05) is 211 Å². The smallest absolute Gasteiger partial charge is 0.462 e. The van der Waals surface area contributed by atoms with Crippen molar-refractivity contribution in [2.24, 2.45) is 0 Å². The van der Waals surface area contributed by atoms with Gasteiger partial charge in [-0.2, -0.15) is 0 Å². The number of rotatable bonds is 53. The molecule has 3 unspecified atom stereocenters. The van der Waals surface area contributed by atoms with Crippen molar-refractivity contribution in [3.63, 3.8) is 0 Å². The molecule has 0 aliphatic heterocycles. The monoisotopic (exact) mass is 1010 g/mol. The highest BCUT2D eigenvalue weighted by Gasteiger charge is 2.28. The van der Waals surface area contributed by atoms with Gasteiger partial charge in [-0.05, 0) is 83.5 Å². The van der Waals surface area contributed by atoms with E-state index in [1.807, 2.05) is 0 Å². The Kier molecular flexibility index (Phi) is 50.8. The first-order valence-electron chi connectivity index (χ1n) is 28.5. The van der Waals surface area contributed by atoms with E-state index in [0.29, 0.717) is 19.3 Å². The van der Waals surface area contributed by atoms with Crippen molar-refractivity contribution in [3.05, 3.63) is 48.6 Å². The molecule has 0 rings (SSSR count). The quantitative estimate of drug-likeness (QED) is 0.0197. The molecule has 3 atom stereocenters. The summed E-state index contributed by atoms with van der Waals surface area (Å²) in [7, 11) is -4.74. The third-order valence-corrected chi connectivity index (χ3v) is 13.2. The first kappa shape index (κ1) is 67.4. The standard InChI is InChI=1S/C58H105O11P/c1-4-7-10-13-16-19-21-23-25-26-27-28-30-32-34-37-40-43-46-49-58(62)69-55(51-65-56(60)47-44-41-38-35-18-15-12-9-6-3)53-67-70(63,64)66-52-54(50-59)68-57(61)48-45-42-39-36-33-31-29-24-22-20-17-14-11-8-5-2/h16-17,19-20,23-25,29,54-55,59H,4-15,18,21-22,26-28,30-53H2,1-3H3,(H,63,64)/b19-16-,20-17-,25-23-,29-24-. The van der Waals surface area contributed by atoms with Crippen LogP contribution >= 0.6 is 7.82 Å². The van der Waals surface area contributed by atoms with Crippen molar-refractivity contribution < 1.29 is 52.2 Å². The van der Waals surface area contributed by atoms with E-state index >= 15 is 0 Å². The molecule has 0 radical (unpaired) electrons. The summed E-state index contributed by atoms with van der Waals surface area (Å²) in [6.45, 7) is 4.57. The van der Waals surface area contributed by atoms with Crippen molar-refractivity contribution in [1.82, 2.24) is 0 Å². The molecule has 12 heteroatoms. The topological polar surface area (TPSA) is 155 Å². The van der Waals surface area contributed by atoms with Gasteiger partial charge in [-0.15, -0.1) is 0 Å². The number of aliphatic hydroxyl groups excluding tert-OH is 1. The maximum Gasteiger partial charge on any atom is 0.472 e. The minimum Gasteiger partial charge on any atom is -0.462 e. The molecule has 0 amide bonds. The van der Waals surface area contributed by atoms with Crippen LogP contribution in [0.4, 0.5) is 0 Å². The van der Waals surface area contributed by atoms with E-state index in [2.05, 4.69) is 69.4 Å². The zero-order chi connectivity index (χ0) is 51.3. The maximum absolute atomic E-state index is 12.9. The van der Waals surface area contributed by atoms with Gasteiger partial charge in [0.1, 0.15) is 12.7 Å². The summed E-state index contributed by atoms with van der Waals surface area (Å²) >= 11 is 0. The van der Waals surface area contributed by atoms with Gasteiger partial charge in [-0.25, -0.2) is 4.57 Å². The van der Waals surface area contributed by atoms with E-state index < -0.39 is 57.8 Å². The van der Waals surface area contributed by atoms with Crippen LogP contribution in [-0.2, 0) is 42.2 Å². The van der Waals surface area contributed by atoms with Crippen LogP contribution in [0.25, 0.3) is 0 Å². The SMILES string of the molecule is CCCCC/C=C\C/C=C\CCCCCCCCCCCC(=O)OC(COC(=O)CCCCCCCCCCC)COP(=O)(O)OCC(CO)OC(=O)CCCCCCC/C=C\C/C=C\CCCCC. The number of phosphoric acid groups is 1. The van der Waals surface area contributed by atoms with Crippen LogP contribution in [0, 0.1) is 0 Å². The number of allylic oxidation sites excluding steroid dienone is 8. The van der Waals surface area contributed by atoms with Gasteiger partial charge >= 0.3 is 25.7 Å². The molecule has 0 saturated heterocycles. The molecule has 2 N–H and O–H groups in total. The van der Waals surface area contributed by atoms with Crippen molar-refractivity contribution in [1.29, 1.82) is 0 Å². The van der Waals surface area contributed by atoms with E-state index in [1.54, 1.807) is 0 Å². The van der Waals surface area contributed by atoms with E-state index in [-0.39, 0.29) is 25.9 Å². The zero-order valence-corrected chi connectivity index (χ0v) is 45.9. The third-order valence-electron chi connectivity index (χ3n) is 12.2. The van der Waals surface area contributed by atoms with Gasteiger partial charge in [0.15, 0.2) is 6.10 Å². The van der Waals surface area contributed by atoms with E-state index in [1.165, 1.54) is 109 Å². The second-order valence-corrected chi connectivity index (χ2v) is 20.6. The van der Waals surface area contributed by atoms with Gasteiger partial charge in [0.2, 0.25) is 0 Å². The fourth-order valence-corrected chi connectivity index (χ4v) is 8.61. The molecule has 0 aliphatic rings. The molecule has 0 fully saturated rings. The molecule has 0 bridgehead atoms. The van der Waals surface area contributed by atoms with Gasteiger partial charge < -0.3 is 24.2 Å². The van der Waals surface area contributed by atoms with E-state index in [0.717, 1.165) is 96.3 Å². The van der Waals surface area contributed by atoms with E-state index in [9.17, 15) is 28.9 Å². The number of esters is 3. The summed E-state index contributed by atoms with van der Waals surface area (Å²) in [6, 6.07) is 0. The first-order chi connectivity index (χ1) is 34.2. The number of aliphatic hydroxyl groups is 1. The lowest BCUT2D eigenvalue weighted by Crippen LogP contribution is -2.30. The summed E-state index contributed by atoms with van der Waals surface area (Å²) in [6.07, 6.45) is 55.0. The van der Waals surface area contributed by atoms with Crippen molar-refractivity contribution in [3.8, 4) is 0 Å². The number of hydrogen-bond donors (Lipinski definition) is 2. The minimum absolute atomic E-state index is 0.162. The van der Waals surface area contributed by atoms with E-state index in [4.69, 9.17) is 23.3 Å². The Bertz CT molecular complexity index is 1360. The Morgan fingerprint density at radius 3 is 1.09 bits per heavy atom. The number of carbonyl (C=O) groups excluding carboxylic acids is 3. The molecule has 0 heterocycles. The first-order valence-corrected chi connectivity index (χ1v) is 30.0. The Morgan fingerprint density at radius 2 is 0.700 bits per heavy atom. The lowest BCUT2D eigenvalue weighted by molar-refractivity contribution is -0.161. The van der Waals surface area contributed by atoms with Gasteiger partial charge in [0.05, 0.1) is 19.8 Å². The van der Waals surface area contributed by atoms with Crippen molar-refractivity contribution in [2.45, 2.75) is 277 Å². The van der Waals surface area contributed by atoms with Crippen LogP contribution in [0.3, 0.4) is 0 Å². The van der Waals surface area contributed by atoms with Crippen molar-refractivity contribution >= 4 is 25.7 Å². The van der Waals surface area contributed by atoms with Crippen LogP contribution in [0.5, 0.6) is 0 Å². The predicted octanol–water partition coefficient (Wildman–Crippen LogP) is 16.6. The Morgan fingerprint density at radius 1 is 0.400 bits per heavy atom. The van der Waals surface area contributed by atoms with Crippen LogP contribution in [-0.4, -0.2) is 66.5 Å². The third kappa shape index (κ3) is 50.4. The Hall–Kier alpha value is -2.56. The average molecular weight is 1010 g/mol. The molecular formula is C58H105O11P. The number of unbranched alkanes of at least 4 members (excludes halogenated alkanes) is 28. The highest BCUT2D eigenvalue weighted by molar-refractivity contribution is 7.47. The number of phosphoric ester groups is 1. The molecular weight excluding hydrogens is 904 g/mol.